The number of benzene rings is 1. The van der Waals surface area contributed by atoms with E-state index in [1.54, 1.807) is 0 Å². The summed E-state index contributed by atoms with van der Waals surface area (Å²) >= 11 is 0. The Hall–Kier alpha value is -2.24. The van der Waals surface area contributed by atoms with Gasteiger partial charge < -0.3 is 20.0 Å². The van der Waals surface area contributed by atoms with Crippen LogP contribution in [0.1, 0.15) is 24.8 Å². The molecule has 0 aliphatic carbocycles. The standard InChI is InChI=1S/C19H28N4O2/c1-21(2)17-5-3-4-15(14-17)6-7-18(24)22-11-8-16(9-12-22)23-13-10-20-19(23)25/h3-5,14,16H,6-13H2,1-2H3,(H,20,25). The van der Waals surface area contributed by atoms with Gasteiger partial charge in [-0.1, -0.05) is 12.1 Å². The van der Waals surface area contributed by atoms with E-state index in [9.17, 15) is 9.59 Å². The lowest BCUT2D eigenvalue weighted by Gasteiger charge is -2.36. The van der Waals surface area contributed by atoms with E-state index in [1.165, 1.54) is 5.56 Å². The van der Waals surface area contributed by atoms with Crippen LogP contribution in [-0.2, 0) is 11.2 Å². The normalized spacial score (nSPS) is 18.4. The number of carbonyl (C=O) groups is 2. The Balaban J connectivity index is 1.46. The van der Waals surface area contributed by atoms with E-state index in [-0.39, 0.29) is 18.0 Å². The summed E-state index contributed by atoms with van der Waals surface area (Å²) in [4.78, 5) is 30.2. The Bertz CT molecular complexity index is 624. The van der Waals surface area contributed by atoms with E-state index in [0.717, 1.165) is 51.1 Å². The topological polar surface area (TPSA) is 55.9 Å². The molecule has 0 unspecified atom stereocenters. The number of aryl methyl sites for hydroxylation is 1. The summed E-state index contributed by atoms with van der Waals surface area (Å²) in [6.07, 6.45) is 3.09. The predicted molar refractivity (Wildman–Crippen MR) is 98.8 cm³/mol. The lowest BCUT2D eigenvalue weighted by Crippen LogP contribution is -2.47. The maximum absolute atomic E-state index is 12.5. The molecule has 1 aromatic rings. The molecule has 0 atom stereocenters. The molecule has 0 saturated carbocycles. The Labute approximate surface area is 149 Å². The molecule has 2 heterocycles. The maximum Gasteiger partial charge on any atom is 0.317 e. The number of piperidine rings is 1. The van der Waals surface area contributed by atoms with Crippen LogP contribution < -0.4 is 10.2 Å². The monoisotopic (exact) mass is 344 g/mol. The SMILES string of the molecule is CN(C)c1cccc(CCC(=O)N2CCC(N3CCNC3=O)CC2)c1. The third-order valence-corrected chi connectivity index (χ3v) is 5.20. The van der Waals surface area contributed by atoms with Gasteiger partial charge in [-0.25, -0.2) is 4.79 Å². The smallest absolute Gasteiger partial charge is 0.317 e. The fourth-order valence-electron chi connectivity index (χ4n) is 3.66. The Kier molecular flexibility index (Phi) is 5.46. The molecule has 2 aliphatic heterocycles. The van der Waals surface area contributed by atoms with Gasteiger partial charge in [-0.3, -0.25) is 4.79 Å². The summed E-state index contributed by atoms with van der Waals surface area (Å²) in [6, 6.07) is 8.67. The van der Waals surface area contributed by atoms with Gasteiger partial charge in [0, 0.05) is 58.4 Å². The number of nitrogens with zero attached hydrogens (tertiary/aromatic N) is 3. The number of nitrogens with one attached hydrogen (secondary N) is 1. The van der Waals surface area contributed by atoms with Crippen LogP contribution in [0.25, 0.3) is 0 Å². The van der Waals surface area contributed by atoms with Crippen molar-refractivity contribution in [2.75, 3.05) is 45.2 Å². The zero-order valence-corrected chi connectivity index (χ0v) is 15.2. The fourth-order valence-corrected chi connectivity index (χ4v) is 3.66. The van der Waals surface area contributed by atoms with Crippen molar-refractivity contribution < 1.29 is 9.59 Å². The average molecular weight is 344 g/mol. The first-order chi connectivity index (χ1) is 12.0. The second-order valence-corrected chi connectivity index (χ2v) is 7.10. The lowest BCUT2D eigenvalue weighted by molar-refractivity contribution is -0.132. The quantitative estimate of drug-likeness (QED) is 0.885. The molecule has 2 saturated heterocycles. The molecule has 2 fully saturated rings. The predicted octanol–water partition coefficient (Wildman–Crippen LogP) is 1.70. The summed E-state index contributed by atoms with van der Waals surface area (Å²) in [7, 11) is 4.05. The van der Waals surface area contributed by atoms with Crippen LogP contribution in [-0.4, -0.2) is 68.1 Å². The zero-order valence-electron chi connectivity index (χ0n) is 15.2. The number of amides is 3. The van der Waals surface area contributed by atoms with Gasteiger partial charge in [0.15, 0.2) is 0 Å². The molecule has 0 spiro atoms. The van der Waals surface area contributed by atoms with Crippen molar-refractivity contribution in [2.24, 2.45) is 0 Å². The van der Waals surface area contributed by atoms with Crippen LogP contribution in [0.4, 0.5) is 10.5 Å². The highest BCUT2D eigenvalue weighted by Gasteiger charge is 2.31. The zero-order chi connectivity index (χ0) is 17.8. The van der Waals surface area contributed by atoms with Crippen molar-refractivity contribution >= 4 is 17.6 Å². The molecule has 0 radical (unpaired) electrons. The second kappa shape index (κ2) is 7.76. The minimum Gasteiger partial charge on any atom is -0.378 e. The van der Waals surface area contributed by atoms with Crippen molar-refractivity contribution in [3.8, 4) is 0 Å². The van der Waals surface area contributed by atoms with Gasteiger partial charge in [0.1, 0.15) is 0 Å². The average Bonchev–Trinajstić information content (AvgIpc) is 3.06. The van der Waals surface area contributed by atoms with E-state index in [1.807, 2.05) is 30.0 Å². The molecule has 2 aliphatic rings. The summed E-state index contributed by atoms with van der Waals surface area (Å²) in [5.41, 5.74) is 2.36. The number of urea groups is 1. The van der Waals surface area contributed by atoms with Crippen LogP contribution in [0.5, 0.6) is 0 Å². The molecular formula is C19H28N4O2. The Morgan fingerprint density at radius 3 is 2.64 bits per heavy atom. The van der Waals surface area contributed by atoms with Gasteiger partial charge in [-0.05, 0) is 37.0 Å². The number of carbonyl (C=O) groups excluding carboxylic acids is 2. The number of likely N-dealkylation sites (tertiary alicyclic amines) is 1. The van der Waals surface area contributed by atoms with E-state index in [0.29, 0.717) is 6.42 Å². The third kappa shape index (κ3) is 4.24. The minimum absolute atomic E-state index is 0.0468. The van der Waals surface area contributed by atoms with Crippen molar-refractivity contribution in [1.29, 1.82) is 0 Å². The van der Waals surface area contributed by atoms with Gasteiger partial charge in [-0.15, -0.1) is 0 Å². The molecule has 0 aromatic heterocycles. The molecule has 25 heavy (non-hydrogen) atoms. The first-order valence-electron chi connectivity index (χ1n) is 9.13. The number of rotatable bonds is 5. The van der Waals surface area contributed by atoms with Crippen molar-refractivity contribution in [2.45, 2.75) is 31.7 Å². The largest absolute Gasteiger partial charge is 0.378 e. The molecule has 1 aromatic carbocycles. The van der Waals surface area contributed by atoms with Gasteiger partial charge >= 0.3 is 6.03 Å². The molecular weight excluding hydrogens is 316 g/mol. The highest BCUT2D eigenvalue weighted by atomic mass is 16.2. The highest BCUT2D eigenvalue weighted by Crippen LogP contribution is 2.20. The summed E-state index contributed by atoms with van der Waals surface area (Å²) in [6.45, 7) is 3.04. The number of anilines is 1. The lowest BCUT2D eigenvalue weighted by atomic mass is 10.0. The summed E-state index contributed by atoms with van der Waals surface area (Å²) in [5.74, 6) is 0.222. The Morgan fingerprint density at radius 1 is 1.24 bits per heavy atom. The molecule has 136 valence electrons. The second-order valence-electron chi connectivity index (χ2n) is 7.10. The van der Waals surface area contributed by atoms with Gasteiger partial charge in [0.05, 0.1) is 0 Å². The van der Waals surface area contributed by atoms with Crippen LogP contribution in [0.3, 0.4) is 0 Å². The van der Waals surface area contributed by atoms with E-state index >= 15 is 0 Å². The number of hydrogen-bond donors (Lipinski definition) is 1. The molecule has 6 heteroatoms. The molecule has 3 amide bonds. The first kappa shape index (κ1) is 17.6. The van der Waals surface area contributed by atoms with Crippen molar-refractivity contribution in [1.82, 2.24) is 15.1 Å². The van der Waals surface area contributed by atoms with Crippen LogP contribution in [0, 0.1) is 0 Å². The van der Waals surface area contributed by atoms with E-state index in [2.05, 4.69) is 28.4 Å². The Morgan fingerprint density at radius 2 is 2.00 bits per heavy atom. The van der Waals surface area contributed by atoms with Gasteiger partial charge in [0.25, 0.3) is 0 Å². The first-order valence-corrected chi connectivity index (χ1v) is 9.13. The maximum atomic E-state index is 12.5. The van der Waals surface area contributed by atoms with Crippen LogP contribution in [0.15, 0.2) is 24.3 Å². The van der Waals surface area contributed by atoms with E-state index < -0.39 is 0 Å². The summed E-state index contributed by atoms with van der Waals surface area (Å²) < 4.78 is 0. The minimum atomic E-state index is 0.0468. The summed E-state index contributed by atoms with van der Waals surface area (Å²) in [5, 5.41) is 2.85. The molecule has 1 N–H and O–H groups in total. The van der Waals surface area contributed by atoms with Gasteiger partial charge in [0.2, 0.25) is 5.91 Å². The fraction of sp³-hybridized carbons (Fsp3) is 0.579. The number of hydrogen-bond acceptors (Lipinski definition) is 3. The van der Waals surface area contributed by atoms with Crippen LogP contribution in [0.2, 0.25) is 0 Å². The molecule has 3 rings (SSSR count). The van der Waals surface area contributed by atoms with Crippen molar-refractivity contribution in [3.63, 3.8) is 0 Å². The van der Waals surface area contributed by atoms with E-state index in [4.69, 9.17) is 0 Å². The van der Waals surface area contributed by atoms with Gasteiger partial charge in [-0.2, -0.15) is 0 Å². The highest BCUT2D eigenvalue weighted by molar-refractivity contribution is 5.77. The van der Waals surface area contributed by atoms with Crippen molar-refractivity contribution in [3.05, 3.63) is 29.8 Å². The third-order valence-electron chi connectivity index (χ3n) is 5.20. The molecule has 6 nitrogen and oxygen atoms in total. The van der Waals surface area contributed by atoms with Crippen LogP contribution >= 0.6 is 0 Å². The molecule has 0 bridgehead atoms.